The van der Waals surface area contributed by atoms with E-state index in [0.717, 1.165) is 41.6 Å². The van der Waals surface area contributed by atoms with Crippen molar-refractivity contribution in [1.29, 1.82) is 5.26 Å². The lowest BCUT2D eigenvalue weighted by atomic mass is 9.87. The largest absolute Gasteiger partial charge is 0.305 e. The lowest BCUT2D eigenvalue weighted by molar-refractivity contribution is -0.117. The molecule has 0 saturated heterocycles. The zero-order chi connectivity index (χ0) is 21.8. The van der Waals surface area contributed by atoms with E-state index in [1.807, 2.05) is 38.4 Å². The van der Waals surface area contributed by atoms with Gasteiger partial charge in [-0.2, -0.15) is 9.62 Å². The van der Waals surface area contributed by atoms with Gasteiger partial charge in [0.25, 0.3) is 5.91 Å². The minimum absolute atomic E-state index is 0.130. The highest BCUT2D eigenvalue weighted by Crippen LogP contribution is 2.44. The summed E-state index contributed by atoms with van der Waals surface area (Å²) in [6.45, 7) is 4.93. The number of hydrogen-bond donors (Lipinski definition) is 1. The van der Waals surface area contributed by atoms with Crippen LogP contribution in [0.15, 0.2) is 45.7 Å². The fourth-order valence-corrected chi connectivity index (χ4v) is 4.49. The van der Waals surface area contributed by atoms with Gasteiger partial charge in [0.2, 0.25) is 0 Å². The summed E-state index contributed by atoms with van der Waals surface area (Å²) < 4.78 is 16.6. The summed E-state index contributed by atoms with van der Waals surface area (Å²) in [6, 6.07) is 13.4. The van der Waals surface area contributed by atoms with Crippen LogP contribution in [0.1, 0.15) is 66.3 Å². The van der Waals surface area contributed by atoms with Crippen molar-refractivity contribution in [3.05, 3.63) is 64.2 Å². The van der Waals surface area contributed by atoms with Crippen LogP contribution in [0, 0.1) is 11.3 Å². The molecule has 0 N–H and O–H groups in total. The van der Waals surface area contributed by atoms with Gasteiger partial charge in [0.1, 0.15) is 0 Å². The number of benzene rings is 2. The van der Waals surface area contributed by atoms with Crippen LogP contribution in [0.5, 0.6) is 0 Å². The molecule has 1 saturated carbocycles. The molecule has 1 fully saturated rings. The summed E-state index contributed by atoms with van der Waals surface area (Å²) in [5.74, 6) is 0.232. The first-order valence-electron chi connectivity index (χ1n) is 10.3. The maximum absolute atomic E-state index is 12.7. The maximum atomic E-state index is 12.7. The van der Waals surface area contributed by atoms with Crippen molar-refractivity contribution in [3.8, 4) is 6.07 Å². The fourth-order valence-electron chi connectivity index (χ4n) is 3.70. The first-order valence-corrected chi connectivity index (χ1v) is 11.5. The van der Waals surface area contributed by atoms with Crippen LogP contribution >= 0.6 is 0 Å². The molecule has 2 aromatic carbocycles. The maximum Gasteiger partial charge on any atom is 0.258 e. The second kappa shape index (κ2) is 9.55. The van der Waals surface area contributed by atoms with Crippen molar-refractivity contribution in [2.45, 2.75) is 56.4 Å². The molecule has 3 rings (SSSR count). The van der Waals surface area contributed by atoms with Crippen LogP contribution in [0.2, 0.25) is 0 Å². The summed E-state index contributed by atoms with van der Waals surface area (Å²) in [5, 5.41) is 9.38. The Balaban J connectivity index is 1.85. The average Bonchev–Trinajstić information content (AvgIpc) is 3.53. The van der Waals surface area contributed by atoms with Crippen molar-refractivity contribution >= 4 is 16.5 Å². The van der Waals surface area contributed by atoms with E-state index in [0.29, 0.717) is 16.4 Å². The van der Waals surface area contributed by atoms with Crippen molar-refractivity contribution in [2.75, 3.05) is 14.1 Å². The molecule has 1 atom stereocenters. The highest BCUT2D eigenvalue weighted by Gasteiger charge is 2.29. The summed E-state index contributed by atoms with van der Waals surface area (Å²) in [6.07, 6.45) is 2.29. The molecule has 6 heteroatoms. The topological polar surface area (TPSA) is 73.5 Å². The number of thiol groups is 1. The summed E-state index contributed by atoms with van der Waals surface area (Å²) in [5.41, 5.74) is 4.82. The molecule has 1 amide bonds. The Morgan fingerprint density at radius 1 is 1.23 bits per heavy atom. The standard InChI is InChI=1S/C24H29N3O2S/c1-16(2)21-11-18(14-25)12-22(19-7-8-19)23(21)13-24(28)26-30(29)20-9-5-17(6-10-20)15-27(3)4/h5-6,9-12,16,19,30H,7-8,13,15H2,1-4H3. The van der Waals surface area contributed by atoms with E-state index in [2.05, 4.69) is 29.2 Å². The van der Waals surface area contributed by atoms with E-state index in [-0.39, 0.29) is 18.2 Å². The van der Waals surface area contributed by atoms with Crippen molar-refractivity contribution in [1.82, 2.24) is 4.90 Å². The van der Waals surface area contributed by atoms with E-state index >= 15 is 0 Å². The zero-order valence-electron chi connectivity index (χ0n) is 18.1. The number of carbonyl (C=O) groups excluding carboxylic acids is 1. The molecule has 1 aliphatic rings. The molecule has 5 nitrogen and oxygen atoms in total. The Bertz CT molecular complexity index is 1030. The Hall–Kier alpha value is -2.49. The molecule has 1 unspecified atom stereocenters. The van der Waals surface area contributed by atoms with Crippen LogP contribution in [-0.2, 0) is 28.4 Å². The lowest BCUT2D eigenvalue weighted by Gasteiger charge is -2.17. The number of amides is 1. The third kappa shape index (κ3) is 5.56. The van der Waals surface area contributed by atoms with Gasteiger partial charge >= 0.3 is 0 Å². The van der Waals surface area contributed by atoms with Gasteiger partial charge in [-0.05, 0) is 85.3 Å². The fraction of sp³-hybridized carbons (Fsp3) is 0.417. The summed E-state index contributed by atoms with van der Waals surface area (Å²) in [7, 11) is 1.86. The zero-order valence-corrected chi connectivity index (χ0v) is 18.9. The molecule has 0 bridgehead atoms. The number of nitrogens with zero attached hydrogens (tertiary/aromatic N) is 3. The Morgan fingerprint density at radius 2 is 1.90 bits per heavy atom. The van der Waals surface area contributed by atoms with Gasteiger partial charge in [-0.15, -0.1) is 0 Å². The molecule has 0 radical (unpaired) electrons. The van der Waals surface area contributed by atoms with Gasteiger partial charge in [0, 0.05) is 11.4 Å². The smallest absolute Gasteiger partial charge is 0.258 e. The second-order valence-electron chi connectivity index (χ2n) is 8.52. The highest BCUT2D eigenvalue weighted by atomic mass is 32.2. The Labute approximate surface area is 180 Å². The molecule has 1 aliphatic carbocycles. The van der Waals surface area contributed by atoms with Crippen LogP contribution in [0.25, 0.3) is 0 Å². The highest BCUT2D eigenvalue weighted by molar-refractivity contribution is 7.75. The summed E-state index contributed by atoms with van der Waals surface area (Å²) in [4.78, 5) is 15.3. The number of hydrogen-bond acceptors (Lipinski definition) is 4. The quantitative estimate of drug-likeness (QED) is 0.669. The van der Waals surface area contributed by atoms with Crippen molar-refractivity contribution in [3.63, 3.8) is 0 Å². The SMILES string of the molecule is CC(C)c1cc(C#N)cc(C2CC2)c1CC(=O)N=[SH](=O)c1ccc(CN(C)C)cc1. The molecule has 0 aromatic heterocycles. The van der Waals surface area contributed by atoms with Crippen LogP contribution in [0.3, 0.4) is 0 Å². The van der Waals surface area contributed by atoms with Gasteiger partial charge in [0.15, 0.2) is 0 Å². The van der Waals surface area contributed by atoms with E-state index in [4.69, 9.17) is 0 Å². The predicted molar refractivity (Wildman–Crippen MR) is 120 cm³/mol. The van der Waals surface area contributed by atoms with Crippen LogP contribution in [-0.4, -0.2) is 29.1 Å². The van der Waals surface area contributed by atoms with Gasteiger partial charge in [-0.3, -0.25) is 4.79 Å². The van der Waals surface area contributed by atoms with E-state index in [9.17, 15) is 14.3 Å². The molecule has 2 aromatic rings. The first-order chi connectivity index (χ1) is 14.3. The van der Waals surface area contributed by atoms with Gasteiger partial charge in [-0.1, -0.05) is 26.0 Å². The molecule has 0 heterocycles. The molecular weight excluding hydrogens is 394 g/mol. The Morgan fingerprint density at radius 3 is 2.43 bits per heavy atom. The van der Waals surface area contributed by atoms with E-state index in [1.54, 1.807) is 12.1 Å². The number of carbonyl (C=O) groups is 1. The Kier molecular flexibility index (Phi) is 7.06. The lowest BCUT2D eigenvalue weighted by Crippen LogP contribution is -2.10. The predicted octanol–water partition coefficient (Wildman–Crippen LogP) is 4.41. The second-order valence-corrected chi connectivity index (χ2v) is 9.78. The van der Waals surface area contributed by atoms with E-state index < -0.39 is 10.6 Å². The molecule has 30 heavy (non-hydrogen) atoms. The molecule has 0 spiro atoms. The van der Waals surface area contributed by atoms with Crippen LogP contribution < -0.4 is 0 Å². The minimum atomic E-state index is -2.13. The average molecular weight is 424 g/mol. The molecule has 158 valence electrons. The number of rotatable bonds is 7. The summed E-state index contributed by atoms with van der Waals surface area (Å²) >= 11 is 0. The first kappa shape index (κ1) is 22.2. The van der Waals surface area contributed by atoms with Crippen molar-refractivity contribution in [2.24, 2.45) is 4.36 Å². The van der Waals surface area contributed by atoms with Gasteiger partial charge in [-0.25, -0.2) is 4.21 Å². The third-order valence-corrected chi connectivity index (χ3v) is 6.42. The monoisotopic (exact) mass is 423 g/mol. The van der Waals surface area contributed by atoms with Crippen LogP contribution in [0.4, 0.5) is 0 Å². The minimum Gasteiger partial charge on any atom is -0.305 e. The van der Waals surface area contributed by atoms with Gasteiger partial charge in [0.05, 0.1) is 28.6 Å². The molecular formula is C24H29N3O2S. The molecule has 0 aliphatic heterocycles. The van der Waals surface area contributed by atoms with Crippen molar-refractivity contribution < 1.29 is 9.00 Å². The van der Waals surface area contributed by atoms with E-state index in [1.165, 1.54) is 0 Å². The number of nitriles is 1. The third-order valence-electron chi connectivity index (χ3n) is 5.27. The van der Waals surface area contributed by atoms with Gasteiger partial charge < -0.3 is 4.90 Å². The normalized spacial score (nSPS) is 14.8.